The van der Waals surface area contributed by atoms with Crippen LogP contribution in [0.5, 0.6) is 0 Å². The Balaban J connectivity index is 3.08. The van der Waals surface area contributed by atoms with Crippen molar-refractivity contribution in [3.63, 3.8) is 0 Å². The lowest BCUT2D eigenvalue weighted by molar-refractivity contribution is -0.132. The molecule has 9 nitrogen and oxygen atoms in total. The molecule has 0 bridgehead atoms. The van der Waals surface area contributed by atoms with Gasteiger partial charge in [0.05, 0.1) is 12.9 Å². The van der Waals surface area contributed by atoms with E-state index in [1.165, 1.54) is 11.9 Å². The van der Waals surface area contributed by atoms with Crippen LogP contribution in [0.15, 0.2) is 16.1 Å². The zero-order chi connectivity index (χ0) is 15.1. The van der Waals surface area contributed by atoms with Gasteiger partial charge in [-0.05, 0) is 6.72 Å². The Hall–Kier alpha value is -2.39. The second-order valence-electron chi connectivity index (χ2n) is 3.69. The van der Waals surface area contributed by atoms with Crippen LogP contribution in [0, 0.1) is 0 Å². The fourth-order valence-electron chi connectivity index (χ4n) is 1.42. The fourth-order valence-corrected chi connectivity index (χ4v) is 1.42. The molecule has 0 saturated heterocycles. The van der Waals surface area contributed by atoms with E-state index in [1.54, 1.807) is 0 Å². The van der Waals surface area contributed by atoms with Crippen molar-refractivity contribution in [3.8, 4) is 0 Å². The number of hydrogen-bond donors (Lipinski definition) is 2. The normalized spacial score (nSPS) is 13.3. The Morgan fingerprint density at radius 1 is 1.60 bits per heavy atom. The molecule has 0 aliphatic carbocycles. The number of carbonyl (C=O) groups excluding carboxylic acids is 2. The molecule has 0 aliphatic heterocycles. The maximum atomic E-state index is 11.5. The molecule has 0 saturated carbocycles. The van der Waals surface area contributed by atoms with E-state index in [0.717, 1.165) is 6.33 Å². The SMILES string of the molecule is C=Nc1c(N(C)[C@@H](C=O)O[C@@H](C=O)CO)nc[nH]c1=O. The van der Waals surface area contributed by atoms with E-state index in [0.29, 0.717) is 12.6 Å². The van der Waals surface area contributed by atoms with Crippen LogP contribution in [0.1, 0.15) is 0 Å². The summed E-state index contributed by atoms with van der Waals surface area (Å²) in [6.07, 6.45) is -0.472. The third-order valence-corrected chi connectivity index (χ3v) is 2.45. The smallest absolute Gasteiger partial charge is 0.278 e. The summed E-state index contributed by atoms with van der Waals surface area (Å²) in [4.78, 5) is 44.1. The molecule has 1 aromatic heterocycles. The predicted molar refractivity (Wildman–Crippen MR) is 70.3 cm³/mol. The number of rotatable bonds is 8. The van der Waals surface area contributed by atoms with Crippen LogP contribution in [0.4, 0.5) is 11.5 Å². The average Bonchev–Trinajstić information content (AvgIpc) is 2.47. The lowest BCUT2D eigenvalue weighted by atomic mass is 10.4. The molecule has 9 heteroatoms. The van der Waals surface area contributed by atoms with Gasteiger partial charge in [-0.2, -0.15) is 0 Å². The molecule has 0 aromatic carbocycles. The van der Waals surface area contributed by atoms with Crippen molar-refractivity contribution in [2.24, 2.45) is 4.99 Å². The highest BCUT2D eigenvalue weighted by Gasteiger charge is 2.23. The van der Waals surface area contributed by atoms with Crippen LogP contribution < -0.4 is 10.5 Å². The summed E-state index contributed by atoms with van der Waals surface area (Å²) in [5, 5.41) is 8.88. The van der Waals surface area contributed by atoms with Crippen molar-refractivity contribution in [3.05, 3.63) is 16.7 Å². The third-order valence-electron chi connectivity index (χ3n) is 2.45. The zero-order valence-electron chi connectivity index (χ0n) is 10.7. The van der Waals surface area contributed by atoms with Gasteiger partial charge in [-0.1, -0.05) is 0 Å². The Bertz CT molecular complexity index is 544. The maximum absolute atomic E-state index is 11.5. The average molecular weight is 282 g/mol. The van der Waals surface area contributed by atoms with E-state index < -0.39 is 24.5 Å². The molecule has 0 fully saturated rings. The molecule has 20 heavy (non-hydrogen) atoms. The first-order valence-corrected chi connectivity index (χ1v) is 5.53. The van der Waals surface area contributed by atoms with Crippen molar-refractivity contribution >= 4 is 30.8 Å². The number of likely N-dealkylation sites (N-methyl/N-ethyl adjacent to an activating group) is 1. The number of aldehydes is 2. The molecule has 0 aliphatic rings. The van der Waals surface area contributed by atoms with Gasteiger partial charge >= 0.3 is 0 Å². The Morgan fingerprint density at radius 3 is 2.80 bits per heavy atom. The van der Waals surface area contributed by atoms with Crippen molar-refractivity contribution in [2.75, 3.05) is 18.6 Å². The highest BCUT2D eigenvalue weighted by Crippen LogP contribution is 2.21. The third kappa shape index (κ3) is 3.33. The fraction of sp³-hybridized carbons (Fsp3) is 0.364. The van der Waals surface area contributed by atoms with Gasteiger partial charge in [0.25, 0.3) is 5.56 Å². The minimum absolute atomic E-state index is 0.0587. The van der Waals surface area contributed by atoms with Gasteiger partial charge in [-0.25, -0.2) is 4.98 Å². The number of aliphatic hydroxyl groups is 1. The quantitative estimate of drug-likeness (QED) is 0.342. The number of aromatic amines is 1. The van der Waals surface area contributed by atoms with Gasteiger partial charge in [-0.15, -0.1) is 0 Å². The molecule has 2 atom stereocenters. The lowest BCUT2D eigenvalue weighted by Gasteiger charge is -2.26. The number of H-pyrrole nitrogens is 1. The summed E-state index contributed by atoms with van der Waals surface area (Å²) in [6.45, 7) is 2.68. The predicted octanol–water partition coefficient (Wildman–Crippen LogP) is -1.36. The van der Waals surface area contributed by atoms with Gasteiger partial charge < -0.3 is 24.5 Å². The summed E-state index contributed by atoms with van der Waals surface area (Å²) in [6, 6.07) is 0. The van der Waals surface area contributed by atoms with Crippen molar-refractivity contribution < 1.29 is 19.4 Å². The topological polar surface area (TPSA) is 125 Å². The van der Waals surface area contributed by atoms with E-state index in [-0.39, 0.29) is 11.5 Å². The minimum atomic E-state index is -1.22. The first-order valence-electron chi connectivity index (χ1n) is 5.53. The number of nitrogens with zero attached hydrogens (tertiary/aromatic N) is 3. The van der Waals surface area contributed by atoms with Crippen LogP contribution >= 0.6 is 0 Å². The first-order chi connectivity index (χ1) is 9.58. The minimum Gasteiger partial charge on any atom is -0.393 e. The Morgan fingerprint density at radius 2 is 2.30 bits per heavy atom. The summed E-state index contributed by atoms with van der Waals surface area (Å²) in [5.74, 6) is 0.0587. The maximum Gasteiger partial charge on any atom is 0.278 e. The van der Waals surface area contributed by atoms with Gasteiger partial charge in [0, 0.05) is 7.05 Å². The van der Waals surface area contributed by atoms with E-state index in [4.69, 9.17) is 9.84 Å². The number of carbonyl (C=O) groups is 2. The van der Waals surface area contributed by atoms with Crippen LogP contribution in [-0.4, -0.2) is 60.4 Å². The summed E-state index contributed by atoms with van der Waals surface area (Å²) >= 11 is 0. The summed E-state index contributed by atoms with van der Waals surface area (Å²) in [5.41, 5.74) is -0.618. The number of aromatic nitrogens is 2. The van der Waals surface area contributed by atoms with Gasteiger partial charge in [0.15, 0.2) is 30.3 Å². The van der Waals surface area contributed by atoms with Crippen molar-refractivity contribution in [1.82, 2.24) is 9.97 Å². The molecule has 0 amide bonds. The molecule has 2 N–H and O–H groups in total. The molecule has 0 radical (unpaired) electrons. The first kappa shape index (κ1) is 15.7. The molecule has 108 valence electrons. The Labute approximate surface area is 113 Å². The highest BCUT2D eigenvalue weighted by molar-refractivity contribution is 5.69. The Kier molecular flexibility index (Phi) is 5.69. The van der Waals surface area contributed by atoms with Gasteiger partial charge in [-0.3, -0.25) is 14.6 Å². The van der Waals surface area contributed by atoms with E-state index >= 15 is 0 Å². The second kappa shape index (κ2) is 7.26. The van der Waals surface area contributed by atoms with Gasteiger partial charge in [0.1, 0.15) is 6.10 Å². The number of aliphatic imine (C=N–C) groups is 1. The van der Waals surface area contributed by atoms with Crippen LogP contribution in [0.3, 0.4) is 0 Å². The summed E-state index contributed by atoms with van der Waals surface area (Å²) in [7, 11) is 1.43. The molecule has 0 unspecified atom stereocenters. The van der Waals surface area contributed by atoms with E-state index in [2.05, 4.69) is 21.7 Å². The molecule has 1 aromatic rings. The zero-order valence-corrected chi connectivity index (χ0v) is 10.7. The number of ether oxygens (including phenoxy) is 1. The molecule has 1 heterocycles. The van der Waals surface area contributed by atoms with Crippen LogP contribution in [0.25, 0.3) is 0 Å². The number of aliphatic hydroxyl groups excluding tert-OH is 1. The van der Waals surface area contributed by atoms with Crippen molar-refractivity contribution in [2.45, 2.75) is 12.3 Å². The second-order valence-corrected chi connectivity index (χ2v) is 3.69. The van der Waals surface area contributed by atoms with E-state index in [1.807, 2.05) is 0 Å². The molecular weight excluding hydrogens is 268 g/mol. The molecule has 0 spiro atoms. The molecular formula is C11H14N4O5. The highest BCUT2D eigenvalue weighted by atomic mass is 16.5. The van der Waals surface area contributed by atoms with Crippen LogP contribution in [-0.2, 0) is 14.3 Å². The lowest BCUT2D eigenvalue weighted by Crippen LogP contribution is -2.40. The number of anilines is 1. The molecule has 1 rings (SSSR count). The number of hydrogen-bond acceptors (Lipinski definition) is 8. The van der Waals surface area contributed by atoms with Gasteiger partial charge in [0.2, 0.25) is 0 Å². The van der Waals surface area contributed by atoms with Crippen LogP contribution in [0.2, 0.25) is 0 Å². The standard InChI is InChI=1S/C11H14N4O5/c1-12-9-10(13-6-14-11(9)19)15(2)8(5-18)20-7(3-16)4-17/h3,5-8,17H,1,4H2,2H3,(H,13,14,19)/t7-,8+/m0/s1. The van der Waals surface area contributed by atoms with Crippen molar-refractivity contribution in [1.29, 1.82) is 0 Å². The largest absolute Gasteiger partial charge is 0.393 e. The monoisotopic (exact) mass is 282 g/mol. The number of nitrogens with one attached hydrogen (secondary N) is 1. The summed E-state index contributed by atoms with van der Waals surface area (Å²) < 4.78 is 5.08. The van der Waals surface area contributed by atoms with E-state index in [9.17, 15) is 14.4 Å².